The molecule has 0 spiro atoms. The maximum atomic E-state index is 11.5. The Hall–Kier alpha value is -1.84. The van der Waals surface area contributed by atoms with E-state index in [1.54, 1.807) is 4.90 Å². The molecule has 1 aromatic rings. The van der Waals surface area contributed by atoms with E-state index in [-0.39, 0.29) is 5.91 Å². The van der Waals surface area contributed by atoms with E-state index in [9.17, 15) is 9.59 Å². The largest absolute Gasteiger partial charge is 0.481 e. The van der Waals surface area contributed by atoms with Crippen molar-refractivity contribution in [3.8, 4) is 0 Å². The highest BCUT2D eigenvalue weighted by molar-refractivity contribution is 6.01. The number of rotatable bonds is 3. The smallest absolute Gasteiger partial charge is 0.317 e. The van der Waals surface area contributed by atoms with E-state index in [1.165, 1.54) is 0 Å². The molecule has 16 heavy (non-hydrogen) atoms. The van der Waals surface area contributed by atoms with Crippen molar-refractivity contribution in [2.24, 2.45) is 5.92 Å². The van der Waals surface area contributed by atoms with Crippen LogP contribution in [-0.4, -0.2) is 28.4 Å². The molecular weight excluding hydrogens is 206 g/mol. The van der Waals surface area contributed by atoms with E-state index < -0.39 is 11.9 Å². The summed E-state index contributed by atoms with van der Waals surface area (Å²) in [6, 6.07) is 7.79. The van der Waals surface area contributed by atoms with Gasteiger partial charge in [-0.3, -0.25) is 9.59 Å². The molecule has 1 amide bonds. The summed E-state index contributed by atoms with van der Waals surface area (Å²) in [4.78, 5) is 23.6. The Labute approximate surface area is 93.5 Å². The SMILES string of the molecule is Cc1ccccc1CN1CC(C(=O)O)C1=O. The number of hydrogen-bond acceptors (Lipinski definition) is 2. The van der Waals surface area contributed by atoms with E-state index in [0.29, 0.717) is 13.1 Å². The molecule has 0 bridgehead atoms. The maximum absolute atomic E-state index is 11.5. The van der Waals surface area contributed by atoms with Crippen molar-refractivity contribution >= 4 is 11.9 Å². The zero-order valence-corrected chi connectivity index (χ0v) is 9.01. The lowest BCUT2D eigenvalue weighted by Crippen LogP contribution is -2.55. The number of hydrogen-bond donors (Lipinski definition) is 1. The molecule has 84 valence electrons. The maximum Gasteiger partial charge on any atom is 0.317 e. The fraction of sp³-hybridized carbons (Fsp3) is 0.333. The van der Waals surface area contributed by atoms with E-state index >= 15 is 0 Å². The molecular formula is C12H13NO3. The lowest BCUT2D eigenvalue weighted by Gasteiger charge is -2.36. The number of β-lactam (4-membered cyclic amide) rings is 1. The highest BCUT2D eigenvalue weighted by Crippen LogP contribution is 2.21. The minimum Gasteiger partial charge on any atom is -0.481 e. The van der Waals surface area contributed by atoms with Crippen LogP contribution in [0.5, 0.6) is 0 Å². The Morgan fingerprint density at radius 1 is 1.50 bits per heavy atom. The van der Waals surface area contributed by atoms with Gasteiger partial charge in [0.15, 0.2) is 5.92 Å². The predicted octanol–water partition coefficient (Wildman–Crippen LogP) is 1.04. The summed E-state index contributed by atoms with van der Waals surface area (Å²) in [6.45, 7) is 2.81. The van der Waals surface area contributed by atoms with Crippen LogP contribution in [0.4, 0.5) is 0 Å². The second-order valence-corrected chi connectivity index (χ2v) is 4.04. The first-order chi connectivity index (χ1) is 7.59. The molecule has 1 unspecified atom stereocenters. The van der Waals surface area contributed by atoms with E-state index in [0.717, 1.165) is 11.1 Å². The summed E-state index contributed by atoms with van der Waals surface area (Å²) in [5, 5.41) is 8.69. The second-order valence-electron chi connectivity index (χ2n) is 4.04. The van der Waals surface area contributed by atoms with Crippen LogP contribution in [0.15, 0.2) is 24.3 Å². The topological polar surface area (TPSA) is 57.6 Å². The Morgan fingerprint density at radius 3 is 2.75 bits per heavy atom. The third kappa shape index (κ3) is 1.78. The number of carbonyl (C=O) groups is 2. The fourth-order valence-corrected chi connectivity index (χ4v) is 1.82. The summed E-state index contributed by atoms with van der Waals surface area (Å²) in [5.41, 5.74) is 2.19. The average molecular weight is 219 g/mol. The van der Waals surface area contributed by atoms with Gasteiger partial charge in [-0.05, 0) is 18.1 Å². The van der Waals surface area contributed by atoms with Crippen molar-refractivity contribution in [2.75, 3.05) is 6.54 Å². The first kappa shape index (κ1) is 10.7. The van der Waals surface area contributed by atoms with Crippen LogP contribution in [0.2, 0.25) is 0 Å². The van der Waals surface area contributed by atoms with Crippen LogP contribution in [0.25, 0.3) is 0 Å². The third-order valence-electron chi connectivity index (χ3n) is 2.93. The predicted molar refractivity (Wildman–Crippen MR) is 57.7 cm³/mol. The number of benzene rings is 1. The lowest BCUT2D eigenvalue weighted by molar-refractivity contribution is -0.162. The zero-order valence-electron chi connectivity index (χ0n) is 9.01. The normalized spacial score (nSPS) is 19.4. The Morgan fingerprint density at radius 2 is 2.19 bits per heavy atom. The van der Waals surface area contributed by atoms with E-state index in [1.807, 2.05) is 31.2 Å². The summed E-state index contributed by atoms with van der Waals surface area (Å²) in [6.07, 6.45) is 0. The van der Waals surface area contributed by atoms with Crippen LogP contribution in [0.3, 0.4) is 0 Å². The summed E-state index contributed by atoms with van der Waals surface area (Å²) < 4.78 is 0. The summed E-state index contributed by atoms with van der Waals surface area (Å²) in [7, 11) is 0. The van der Waals surface area contributed by atoms with E-state index in [4.69, 9.17) is 5.11 Å². The van der Waals surface area contributed by atoms with Gasteiger partial charge in [-0.25, -0.2) is 0 Å². The summed E-state index contributed by atoms with van der Waals surface area (Å²) >= 11 is 0. The molecule has 1 saturated heterocycles. The Balaban J connectivity index is 2.02. The molecule has 0 aromatic heterocycles. The van der Waals surface area contributed by atoms with Gasteiger partial charge in [0.1, 0.15) is 0 Å². The van der Waals surface area contributed by atoms with Crippen molar-refractivity contribution in [3.05, 3.63) is 35.4 Å². The van der Waals surface area contributed by atoms with Gasteiger partial charge in [-0.2, -0.15) is 0 Å². The highest BCUT2D eigenvalue weighted by atomic mass is 16.4. The number of likely N-dealkylation sites (tertiary alicyclic amines) is 1. The quantitative estimate of drug-likeness (QED) is 0.610. The van der Waals surface area contributed by atoms with Crippen molar-refractivity contribution in [1.29, 1.82) is 0 Å². The molecule has 1 aliphatic rings. The van der Waals surface area contributed by atoms with Gasteiger partial charge in [0, 0.05) is 13.1 Å². The molecule has 0 aliphatic carbocycles. The van der Waals surface area contributed by atoms with Crippen LogP contribution in [-0.2, 0) is 16.1 Å². The van der Waals surface area contributed by atoms with Crippen LogP contribution >= 0.6 is 0 Å². The monoisotopic (exact) mass is 219 g/mol. The number of nitrogens with zero attached hydrogens (tertiary/aromatic N) is 1. The molecule has 0 radical (unpaired) electrons. The van der Waals surface area contributed by atoms with Crippen molar-refractivity contribution in [2.45, 2.75) is 13.5 Å². The number of amides is 1. The van der Waals surface area contributed by atoms with Gasteiger partial charge in [0.05, 0.1) is 0 Å². The van der Waals surface area contributed by atoms with Crippen LogP contribution in [0.1, 0.15) is 11.1 Å². The van der Waals surface area contributed by atoms with Crippen LogP contribution < -0.4 is 0 Å². The van der Waals surface area contributed by atoms with Gasteiger partial charge in [-0.15, -0.1) is 0 Å². The molecule has 1 heterocycles. The minimum atomic E-state index is -1.02. The molecule has 2 rings (SSSR count). The molecule has 1 atom stereocenters. The zero-order chi connectivity index (χ0) is 11.7. The third-order valence-corrected chi connectivity index (χ3v) is 2.93. The van der Waals surface area contributed by atoms with Gasteiger partial charge < -0.3 is 10.0 Å². The molecule has 4 nitrogen and oxygen atoms in total. The Kier molecular flexibility index (Phi) is 2.64. The number of aliphatic carboxylic acids is 1. The molecule has 4 heteroatoms. The number of carboxylic acids is 1. The number of carbonyl (C=O) groups excluding carboxylic acids is 1. The highest BCUT2D eigenvalue weighted by Gasteiger charge is 2.41. The first-order valence-electron chi connectivity index (χ1n) is 5.15. The molecule has 1 aromatic carbocycles. The molecule has 1 aliphatic heterocycles. The van der Waals surface area contributed by atoms with Gasteiger partial charge >= 0.3 is 5.97 Å². The first-order valence-corrected chi connectivity index (χ1v) is 5.15. The Bertz CT molecular complexity index is 442. The van der Waals surface area contributed by atoms with Crippen molar-refractivity contribution in [1.82, 2.24) is 4.90 Å². The fourth-order valence-electron chi connectivity index (χ4n) is 1.82. The van der Waals surface area contributed by atoms with Gasteiger partial charge in [0.25, 0.3) is 0 Å². The molecule has 1 fully saturated rings. The number of carboxylic acid groups (broad SMARTS) is 1. The van der Waals surface area contributed by atoms with E-state index in [2.05, 4.69) is 0 Å². The molecule has 1 N–H and O–H groups in total. The van der Waals surface area contributed by atoms with Crippen molar-refractivity contribution < 1.29 is 14.7 Å². The van der Waals surface area contributed by atoms with Gasteiger partial charge in [-0.1, -0.05) is 24.3 Å². The van der Waals surface area contributed by atoms with Crippen LogP contribution in [0, 0.1) is 12.8 Å². The minimum absolute atomic E-state index is 0.282. The average Bonchev–Trinajstić information content (AvgIpc) is 2.24. The second kappa shape index (κ2) is 3.96. The molecule has 0 saturated carbocycles. The lowest BCUT2D eigenvalue weighted by atomic mass is 9.97. The van der Waals surface area contributed by atoms with Gasteiger partial charge in [0.2, 0.25) is 5.91 Å². The summed E-state index contributed by atoms with van der Waals surface area (Å²) in [5.74, 6) is -2.13. The standard InChI is InChI=1S/C12H13NO3/c1-8-4-2-3-5-9(8)6-13-7-10(11(13)14)12(15)16/h2-5,10H,6-7H2,1H3,(H,15,16). The number of aryl methyl sites for hydroxylation is 1. The van der Waals surface area contributed by atoms with Crippen molar-refractivity contribution in [3.63, 3.8) is 0 Å².